The maximum absolute atomic E-state index is 13.3. The van der Waals surface area contributed by atoms with Gasteiger partial charge in [0.15, 0.2) is 0 Å². The van der Waals surface area contributed by atoms with Crippen LogP contribution in [0, 0.1) is 5.82 Å². The summed E-state index contributed by atoms with van der Waals surface area (Å²) in [6.45, 7) is 2.38. The van der Waals surface area contributed by atoms with Crippen LogP contribution in [0.4, 0.5) is 4.39 Å². The Morgan fingerprint density at radius 1 is 1.62 bits per heavy atom. The molecule has 0 aromatic heterocycles. The lowest BCUT2D eigenvalue weighted by Crippen LogP contribution is -2.26. The van der Waals surface area contributed by atoms with Crippen molar-refractivity contribution in [2.75, 3.05) is 6.54 Å². The lowest BCUT2D eigenvalue weighted by Gasteiger charge is -2.08. The molecule has 0 spiro atoms. The molecular weight excluding hydrogens is 277 g/mol. The van der Waals surface area contributed by atoms with Gasteiger partial charge in [-0.15, -0.1) is 0 Å². The largest absolute Gasteiger partial charge is 0.507 e. The molecule has 0 aliphatic rings. The average Bonchev–Trinajstić information content (AvgIpc) is 2.16. The zero-order valence-electron chi connectivity index (χ0n) is 8.84. The molecule has 0 aliphatic carbocycles. The van der Waals surface area contributed by atoms with Crippen LogP contribution in [0.2, 0.25) is 0 Å². The second-order valence-electron chi connectivity index (χ2n) is 3.46. The summed E-state index contributed by atoms with van der Waals surface area (Å²) in [6, 6.07) is 3.77. The number of benzene rings is 1. The smallest absolute Gasteiger partial charge is 0.258 e. The molecule has 1 amide bonds. The van der Waals surface area contributed by atoms with Crippen LogP contribution in [0.1, 0.15) is 23.7 Å². The normalized spacial score (nSPS) is 12.2. The van der Waals surface area contributed by atoms with E-state index in [0.29, 0.717) is 6.54 Å². The van der Waals surface area contributed by atoms with E-state index in [1.165, 1.54) is 12.1 Å². The van der Waals surface area contributed by atoms with Gasteiger partial charge in [0.05, 0.1) is 0 Å². The van der Waals surface area contributed by atoms with Crippen LogP contribution in [-0.4, -0.2) is 22.4 Å². The minimum absolute atomic E-state index is 0.280. The summed E-state index contributed by atoms with van der Waals surface area (Å²) in [5.74, 6) is -1.66. The number of phenolic OH excluding ortho intramolecular Hbond substituents is 1. The van der Waals surface area contributed by atoms with Crippen molar-refractivity contribution in [1.29, 1.82) is 0 Å². The summed E-state index contributed by atoms with van der Waals surface area (Å²) >= 11 is 3.33. The SMILES string of the molecule is CC(Br)CCNC(=O)c1c(O)cccc1F. The number of aromatic hydroxyl groups is 1. The highest BCUT2D eigenvalue weighted by Gasteiger charge is 2.15. The minimum Gasteiger partial charge on any atom is -0.507 e. The van der Waals surface area contributed by atoms with Crippen molar-refractivity contribution < 1.29 is 14.3 Å². The first-order valence-electron chi connectivity index (χ1n) is 4.92. The topological polar surface area (TPSA) is 49.3 Å². The third-order valence-corrected chi connectivity index (χ3v) is 2.50. The molecule has 0 saturated heterocycles. The van der Waals surface area contributed by atoms with Gasteiger partial charge in [-0.25, -0.2) is 4.39 Å². The molecule has 0 radical (unpaired) electrons. The summed E-state index contributed by atoms with van der Waals surface area (Å²) in [7, 11) is 0. The Bertz CT molecular complexity index is 362. The van der Waals surface area contributed by atoms with E-state index in [9.17, 15) is 14.3 Å². The Morgan fingerprint density at radius 3 is 2.88 bits per heavy atom. The number of amides is 1. The van der Waals surface area contributed by atoms with Crippen LogP contribution in [0.5, 0.6) is 5.75 Å². The van der Waals surface area contributed by atoms with E-state index in [1.807, 2.05) is 6.92 Å². The average molecular weight is 290 g/mol. The quantitative estimate of drug-likeness (QED) is 0.837. The maximum Gasteiger partial charge on any atom is 0.258 e. The van der Waals surface area contributed by atoms with Crippen LogP contribution in [0.25, 0.3) is 0 Å². The van der Waals surface area contributed by atoms with Crippen LogP contribution < -0.4 is 5.32 Å². The summed E-state index contributed by atoms with van der Waals surface area (Å²) < 4.78 is 13.3. The molecule has 0 fully saturated rings. The number of halogens is 2. The molecule has 1 rings (SSSR count). The fourth-order valence-electron chi connectivity index (χ4n) is 1.21. The molecule has 1 atom stereocenters. The Kier molecular flexibility index (Phi) is 4.73. The number of nitrogens with one attached hydrogen (secondary N) is 1. The Hall–Kier alpha value is -1.10. The molecule has 1 aromatic rings. The Labute approximate surface area is 102 Å². The van der Waals surface area contributed by atoms with Crippen molar-refractivity contribution in [2.45, 2.75) is 18.2 Å². The van der Waals surface area contributed by atoms with Crippen molar-refractivity contribution in [3.05, 3.63) is 29.6 Å². The van der Waals surface area contributed by atoms with E-state index in [1.54, 1.807) is 0 Å². The van der Waals surface area contributed by atoms with Gasteiger partial charge in [-0.3, -0.25) is 4.79 Å². The monoisotopic (exact) mass is 289 g/mol. The highest BCUT2D eigenvalue weighted by Crippen LogP contribution is 2.19. The standard InChI is InChI=1S/C11H13BrFNO2/c1-7(12)5-6-14-11(16)10-8(13)3-2-4-9(10)15/h2-4,7,15H,5-6H2,1H3,(H,14,16). The van der Waals surface area contributed by atoms with E-state index in [-0.39, 0.29) is 16.1 Å². The highest BCUT2D eigenvalue weighted by atomic mass is 79.9. The molecular formula is C11H13BrFNO2. The number of carbonyl (C=O) groups is 1. The second kappa shape index (κ2) is 5.84. The third kappa shape index (κ3) is 3.48. The molecule has 3 nitrogen and oxygen atoms in total. The molecule has 0 heterocycles. The van der Waals surface area contributed by atoms with E-state index in [0.717, 1.165) is 12.5 Å². The van der Waals surface area contributed by atoms with Gasteiger partial charge in [0, 0.05) is 11.4 Å². The zero-order valence-corrected chi connectivity index (χ0v) is 10.4. The number of hydrogen-bond acceptors (Lipinski definition) is 2. The van der Waals surface area contributed by atoms with Gasteiger partial charge in [0.2, 0.25) is 0 Å². The first kappa shape index (κ1) is 13.0. The van der Waals surface area contributed by atoms with Gasteiger partial charge < -0.3 is 10.4 Å². The van der Waals surface area contributed by atoms with Crippen molar-refractivity contribution in [3.8, 4) is 5.75 Å². The molecule has 0 bridgehead atoms. The fourth-order valence-corrected chi connectivity index (χ4v) is 1.44. The maximum atomic E-state index is 13.3. The van der Waals surface area contributed by atoms with Crippen LogP contribution in [-0.2, 0) is 0 Å². The molecule has 1 unspecified atom stereocenters. The predicted octanol–water partition coefficient (Wildman–Crippen LogP) is 2.43. The van der Waals surface area contributed by atoms with Gasteiger partial charge in [-0.2, -0.15) is 0 Å². The molecule has 1 aromatic carbocycles. The van der Waals surface area contributed by atoms with Gasteiger partial charge in [0.25, 0.3) is 5.91 Å². The minimum atomic E-state index is -0.718. The third-order valence-electron chi connectivity index (χ3n) is 2.05. The van der Waals surface area contributed by atoms with Gasteiger partial charge in [-0.05, 0) is 18.6 Å². The number of carbonyl (C=O) groups excluding carboxylic acids is 1. The lowest BCUT2D eigenvalue weighted by atomic mass is 10.1. The molecule has 16 heavy (non-hydrogen) atoms. The van der Waals surface area contributed by atoms with Crippen molar-refractivity contribution in [3.63, 3.8) is 0 Å². The number of hydrogen-bond donors (Lipinski definition) is 2. The summed E-state index contributed by atoms with van der Waals surface area (Å²) in [4.78, 5) is 11.8. The van der Waals surface area contributed by atoms with Crippen LogP contribution >= 0.6 is 15.9 Å². The molecule has 0 aliphatic heterocycles. The number of phenols is 1. The predicted molar refractivity (Wildman–Crippen MR) is 63.4 cm³/mol. The highest BCUT2D eigenvalue weighted by molar-refractivity contribution is 9.09. The van der Waals surface area contributed by atoms with Crippen molar-refractivity contribution in [1.82, 2.24) is 5.32 Å². The van der Waals surface area contributed by atoms with E-state index < -0.39 is 11.7 Å². The van der Waals surface area contributed by atoms with E-state index >= 15 is 0 Å². The zero-order chi connectivity index (χ0) is 12.1. The summed E-state index contributed by atoms with van der Waals surface area (Å²) in [5, 5.41) is 11.9. The van der Waals surface area contributed by atoms with Crippen molar-refractivity contribution >= 4 is 21.8 Å². The Morgan fingerprint density at radius 2 is 2.31 bits per heavy atom. The lowest BCUT2D eigenvalue weighted by molar-refractivity contribution is 0.0946. The Balaban J connectivity index is 2.66. The van der Waals surface area contributed by atoms with E-state index in [4.69, 9.17) is 0 Å². The van der Waals surface area contributed by atoms with Gasteiger partial charge in [-0.1, -0.05) is 28.9 Å². The first-order valence-corrected chi connectivity index (χ1v) is 5.83. The molecule has 0 saturated carbocycles. The van der Waals surface area contributed by atoms with Crippen LogP contribution in [0.15, 0.2) is 18.2 Å². The second-order valence-corrected chi connectivity index (χ2v) is 5.02. The molecule has 5 heteroatoms. The number of alkyl halides is 1. The van der Waals surface area contributed by atoms with Gasteiger partial charge >= 0.3 is 0 Å². The van der Waals surface area contributed by atoms with Crippen LogP contribution in [0.3, 0.4) is 0 Å². The fraction of sp³-hybridized carbons (Fsp3) is 0.364. The van der Waals surface area contributed by atoms with Gasteiger partial charge in [0.1, 0.15) is 17.1 Å². The molecule has 88 valence electrons. The number of rotatable bonds is 4. The van der Waals surface area contributed by atoms with E-state index in [2.05, 4.69) is 21.2 Å². The summed E-state index contributed by atoms with van der Waals surface area (Å²) in [5.41, 5.74) is -0.301. The summed E-state index contributed by atoms with van der Waals surface area (Å²) in [6.07, 6.45) is 0.737. The first-order chi connectivity index (χ1) is 7.52. The van der Waals surface area contributed by atoms with Crippen molar-refractivity contribution in [2.24, 2.45) is 0 Å². The molecule has 2 N–H and O–H groups in total.